The second-order valence-electron chi connectivity index (χ2n) is 6.57. The van der Waals surface area contributed by atoms with Crippen LogP contribution in [0.4, 0.5) is 4.39 Å². The van der Waals surface area contributed by atoms with Crippen LogP contribution in [0.25, 0.3) is 0 Å². The minimum absolute atomic E-state index is 0.0885. The summed E-state index contributed by atoms with van der Waals surface area (Å²) in [6.45, 7) is 6.44. The quantitative estimate of drug-likeness (QED) is 0.646. The van der Waals surface area contributed by atoms with Crippen LogP contribution in [0.3, 0.4) is 0 Å². The predicted molar refractivity (Wildman–Crippen MR) is 97.9 cm³/mol. The lowest BCUT2D eigenvalue weighted by molar-refractivity contribution is -0.119. The first-order chi connectivity index (χ1) is 11.8. The van der Waals surface area contributed by atoms with Gasteiger partial charge in [-0.1, -0.05) is 32.9 Å². The second-order valence-corrected chi connectivity index (χ2v) is 7.62. The Bertz CT molecular complexity index is 738. The lowest BCUT2D eigenvalue weighted by Crippen LogP contribution is -2.42. The molecule has 6 heteroatoms. The first-order valence-electron chi connectivity index (χ1n) is 7.84. The Balaban J connectivity index is 1.79. The fourth-order valence-corrected chi connectivity index (χ4v) is 2.73. The summed E-state index contributed by atoms with van der Waals surface area (Å²) < 4.78 is 12.8. The Morgan fingerprint density at radius 2 is 1.56 bits per heavy atom. The van der Waals surface area contributed by atoms with Crippen LogP contribution in [0.15, 0.2) is 53.4 Å². The molecule has 25 heavy (non-hydrogen) atoms. The minimum Gasteiger partial charge on any atom is -0.272 e. The van der Waals surface area contributed by atoms with Gasteiger partial charge in [0.1, 0.15) is 5.82 Å². The summed E-state index contributed by atoms with van der Waals surface area (Å²) in [5, 5.41) is 0. The SMILES string of the molecule is CC(C)(C)c1ccc(SCC(=O)NNC(=O)c2ccc(F)cc2)cc1. The molecule has 0 saturated heterocycles. The standard InChI is InChI=1S/C19H21FN2O2S/c1-19(2,3)14-6-10-16(11-7-14)25-12-17(23)21-22-18(24)13-4-8-15(20)9-5-13/h4-11H,12H2,1-3H3,(H,21,23)(H,22,24). The smallest absolute Gasteiger partial charge is 0.269 e. The maximum absolute atomic E-state index is 12.8. The number of carbonyl (C=O) groups excluding carboxylic acids is 2. The van der Waals surface area contributed by atoms with Crippen LogP contribution >= 0.6 is 11.8 Å². The summed E-state index contributed by atoms with van der Waals surface area (Å²) in [6, 6.07) is 13.1. The van der Waals surface area contributed by atoms with Crippen molar-refractivity contribution in [1.29, 1.82) is 0 Å². The van der Waals surface area contributed by atoms with Gasteiger partial charge in [-0.15, -0.1) is 11.8 Å². The zero-order chi connectivity index (χ0) is 18.4. The molecule has 0 heterocycles. The van der Waals surface area contributed by atoms with Crippen LogP contribution in [0, 0.1) is 5.82 Å². The van der Waals surface area contributed by atoms with Crippen molar-refractivity contribution in [2.75, 3.05) is 5.75 Å². The molecule has 0 unspecified atom stereocenters. The van der Waals surface area contributed by atoms with E-state index in [9.17, 15) is 14.0 Å². The number of thioether (sulfide) groups is 1. The normalized spacial score (nSPS) is 11.0. The number of halogens is 1. The average molecular weight is 360 g/mol. The van der Waals surface area contributed by atoms with Crippen molar-refractivity contribution in [3.05, 3.63) is 65.5 Å². The summed E-state index contributed by atoms with van der Waals surface area (Å²) in [5.41, 5.74) is 6.25. The van der Waals surface area contributed by atoms with Gasteiger partial charge >= 0.3 is 0 Å². The minimum atomic E-state index is -0.493. The number of nitrogens with one attached hydrogen (secondary N) is 2. The van der Waals surface area contributed by atoms with E-state index < -0.39 is 11.7 Å². The Morgan fingerprint density at radius 3 is 2.12 bits per heavy atom. The average Bonchev–Trinajstić information content (AvgIpc) is 2.58. The fourth-order valence-electron chi connectivity index (χ4n) is 2.04. The van der Waals surface area contributed by atoms with Gasteiger partial charge in [0.2, 0.25) is 5.91 Å². The van der Waals surface area contributed by atoms with Crippen molar-refractivity contribution >= 4 is 23.6 Å². The van der Waals surface area contributed by atoms with Crippen LogP contribution in [-0.4, -0.2) is 17.6 Å². The maximum Gasteiger partial charge on any atom is 0.269 e. The van der Waals surface area contributed by atoms with Crippen molar-refractivity contribution in [3.8, 4) is 0 Å². The Hall–Kier alpha value is -2.34. The molecule has 0 radical (unpaired) electrons. The van der Waals surface area contributed by atoms with Crippen molar-refractivity contribution in [2.24, 2.45) is 0 Å². The monoisotopic (exact) mass is 360 g/mol. The van der Waals surface area contributed by atoms with E-state index in [0.717, 1.165) is 4.90 Å². The number of hydrogen-bond acceptors (Lipinski definition) is 3. The largest absolute Gasteiger partial charge is 0.272 e. The molecular weight excluding hydrogens is 339 g/mol. The van der Waals surface area contributed by atoms with Crippen LogP contribution in [0.2, 0.25) is 0 Å². The van der Waals surface area contributed by atoms with E-state index in [2.05, 4.69) is 43.8 Å². The summed E-state index contributed by atoms with van der Waals surface area (Å²) in [5.74, 6) is -1.05. The lowest BCUT2D eigenvalue weighted by Gasteiger charge is -2.19. The molecule has 2 amide bonds. The third-order valence-corrected chi connectivity index (χ3v) is 4.52. The maximum atomic E-state index is 12.8. The first-order valence-corrected chi connectivity index (χ1v) is 8.82. The van der Waals surface area contributed by atoms with Crippen LogP contribution in [0.5, 0.6) is 0 Å². The molecule has 0 aromatic heterocycles. The zero-order valence-electron chi connectivity index (χ0n) is 14.4. The van der Waals surface area contributed by atoms with Gasteiger partial charge in [0.05, 0.1) is 5.75 Å². The lowest BCUT2D eigenvalue weighted by atomic mass is 9.87. The number of rotatable bonds is 4. The predicted octanol–water partition coefficient (Wildman–Crippen LogP) is 3.68. The molecule has 0 bridgehead atoms. The number of carbonyl (C=O) groups is 2. The Kier molecular flexibility index (Phi) is 6.20. The van der Waals surface area contributed by atoms with Gasteiger partial charge in [0.15, 0.2) is 0 Å². The van der Waals surface area contributed by atoms with E-state index in [1.165, 1.54) is 41.6 Å². The zero-order valence-corrected chi connectivity index (χ0v) is 15.2. The summed E-state index contributed by atoms with van der Waals surface area (Å²) in [4.78, 5) is 24.6. The molecule has 0 atom stereocenters. The highest BCUT2D eigenvalue weighted by atomic mass is 32.2. The van der Waals surface area contributed by atoms with Gasteiger partial charge in [0, 0.05) is 10.5 Å². The number of hydrazine groups is 1. The van der Waals surface area contributed by atoms with Gasteiger partial charge in [-0.2, -0.15) is 0 Å². The van der Waals surface area contributed by atoms with Gasteiger partial charge < -0.3 is 0 Å². The summed E-state index contributed by atoms with van der Waals surface area (Å²) in [7, 11) is 0. The van der Waals surface area contributed by atoms with Crippen molar-refractivity contribution < 1.29 is 14.0 Å². The van der Waals surface area contributed by atoms with Crippen molar-refractivity contribution in [2.45, 2.75) is 31.1 Å². The molecule has 2 aromatic carbocycles. The van der Waals surface area contributed by atoms with E-state index >= 15 is 0 Å². The molecule has 132 valence electrons. The van der Waals surface area contributed by atoms with E-state index in [-0.39, 0.29) is 22.6 Å². The molecule has 0 aliphatic carbocycles. The van der Waals surface area contributed by atoms with E-state index in [4.69, 9.17) is 0 Å². The third kappa shape index (κ3) is 5.90. The van der Waals surface area contributed by atoms with Gasteiger partial charge in [0.25, 0.3) is 5.91 Å². The molecule has 2 rings (SSSR count). The van der Waals surface area contributed by atoms with Crippen molar-refractivity contribution in [1.82, 2.24) is 10.9 Å². The highest BCUT2D eigenvalue weighted by Gasteiger charge is 2.13. The second kappa shape index (κ2) is 8.16. The van der Waals surface area contributed by atoms with Gasteiger partial charge in [-0.3, -0.25) is 20.4 Å². The molecule has 0 saturated carbocycles. The molecule has 0 aliphatic heterocycles. The van der Waals surface area contributed by atoms with Crippen molar-refractivity contribution in [3.63, 3.8) is 0 Å². The van der Waals surface area contributed by atoms with E-state index in [1.807, 2.05) is 12.1 Å². The number of amides is 2. The van der Waals surface area contributed by atoms with Crippen LogP contribution < -0.4 is 10.9 Å². The molecule has 0 aliphatic rings. The first kappa shape index (κ1) is 19.0. The summed E-state index contributed by atoms with van der Waals surface area (Å²) >= 11 is 1.38. The molecule has 0 fully saturated rings. The topological polar surface area (TPSA) is 58.2 Å². The Morgan fingerprint density at radius 1 is 0.960 bits per heavy atom. The molecule has 2 N–H and O–H groups in total. The van der Waals surface area contributed by atoms with Crippen LogP contribution in [-0.2, 0) is 10.2 Å². The highest BCUT2D eigenvalue weighted by molar-refractivity contribution is 8.00. The molecule has 2 aromatic rings. The molecule has 0 spiro atoms. The highest BCUT2D eigenvalue weighted by Crippen LogP contribution is 2.25. The van der Waals surface area contributed by atoms with Crippen LogP contribution in [0.1, 0.15) is 36.7 Å². The Labute approximate surface area is 151 Å². The fraction of sp³-hybridized carbons (Fsp3) is 0.263. The third-order valence-electron chi connectivity index (χ3n) is 3.51. The number of benzene rings is 2. The molecular formula is C19H21FN2O2S. The number of hydrogen-bond donors (Lipinski definition) is 2. The van der Waals surface area contributed by atoms with Gasteiger partial charge in [-0.25, -0.2) is 4.39 Å². The van der Waals surface area contributed by atoms with Gasteiger partial charge in [-0.05, 0) is 47.4 Å². The van der Waals surface area contributed by atoms with E-state index in [0.29, 0.717) is 0 Å². The van der Waals surface area contributed by atoms with E-state index in [1.54, 1.807) is 0 Å². The summed E-state index contributed by atoms with van der Waals surface area (Å²) in [6.07, 6.45) is 0. The molecule has 4 nitrogen and oxygen atoms in total.